The van der Waals surface area contributed by atoms with Crippen molar-refractivity contribution >= 4 is 11.8 Å². The van der Waals surface area contributed by atoms with Crippen LogP contribution in [0.25, 0.3) is 0 Å². The maximum atomic E-state index is 13.0. The first-order valence-corrected chi connectivity index (χ1v) is 10.3. The van der Waals surface area contributed by atoms with Gasteiger partial charge in [0.25, 0.3) is 0 Å². The average molecular weight is 387 g/mol. The van der Waals surface area contributed by atoms with Gasteiger partial charge in [0, 0.05) is 44.7 Å². The second-order valence-electron chi connectivity index (χ2n) is 9.20. The molecule has 1 aromatic rings. The van der Waals surface area contributed by atoms with E-state index >= 15 is 0 Å². The van der Waals surface area contributed by atoms with E-state index in [0.717, 1.165) is 19.6 Å². The lowest BCUT2D eigenvalue weighted by Crippen LogP contribution is -2.65. The third kappa shape index (κ3) is 4.73. The zero-order valence-corrected chi connectivity index (χ0v) is 17.6. The minimum Gasteiger partial charge on any atom is -0.356 e. The molecule has 28 heavy (non-hydrogen) atoms. The molecule has 1 atom stereocenters. The van der Waals surface area contributed by atoms with Crippen LogP contribution in [0.5, 0.6) is 0 Å². The number of rotatable bonds is 7. The molecule has 1 spiro atoms. The number of carbonyl (C=O) groups excluding carboxylic acids is 2. The van der Waals surface area contributed by atoms with Gasteiger partial charge in [-0.15, -0.1) is 0 Å². The van der Waals surface area contributed by atoms with Crippen LogP contribution in [0.1, 0.15) is 19.4 Å². The Kier molecular flexibility index (Phi) is 6.40. The van der Waals surface area contributed by atoms with E-state index in [-0.39, 0.29) is 23.1 Å². The van der Waals surface area contributed by atoms with Gasteiger partial charge in [-0.25, -0.2) is 0 Å². The van der Waals surface area contributed by atoms with E-state index in [0.29, 0.717) is 32.1 Å². The summed E-state index contributed by atoms with van der Waals surface area (Å²) in [6, 6.07) is 10.4. The van der Waals surface area contributed by atoms with E-state index in [9.17, 15) is 9.59 Å². The van der Waals surface area contributed by atoms with Crippen molar-refractivity contribution in [3.63, 3.8) is 0 Å². The van der Waals surface area contributed by atoms with Crippen molar-refractivity contribution in [2.24, 2.45) is 17.3 Å². The molecule has 2 amide bonds. The van der Waals surface area contributed by atoms with Crippen LogP contribution in [0.15, 0.2) is 30.3 Å². The van der Waals surface area contributed by atoms with Crippen molar-refractivity contribution in [3.8, 4) is 0 Å². The topological polar surface area (TPSA) is 55.9 Å². The summed E-state index contributed by atoms with van der Waals surface area (Å²) in [4.78, 5) is 31.6. The van der Waals surface area contributed by atoms with E-state index in [1.54, 1.807) is 0 Å². The molecule has 0 aromatic heterocycles. The molecule has 1 N–H and O–H groups in total. The molecule has 0 radical (unpaired) electrons. The van der Waals surface area contributed by atoms with Gasteiger partial charge in [-0.3, -0.25) is 14.5 Å². The van der Waals surface area contributed by atoms with Gasteiger partial charge in [-0.1, -0.05) is 44.2 Å². The third-order valence-electron chi connectivity index (χ3n) is 5.78. The smallest absolute Gasteiger partial charge is 0.236 e. The highest BCUT2D eigenvalue weighted by Gasteiger charge is 2.57. The van der Waals surface area contributed by atoms with Crippen LogP contribution in [-0.4, -0.2) is 79.9 Å². The molecule has 0 aliphatic carbocycles. The number of nitrogens with one attached hydrogen (secondary N) is 1. The highest BCUT2D eigenvalue weighted by atomic mass is 16.2. The fraction of sp³-hybridized carbons (Fsp3) is 0.636. The molecule has 6 nitrogen and oxygen atoms in total. The molecule has 0 bridgehead atoms. The largest absolute Gasteiger partial charge is 0.356 e. The molecule has 154 valence electrons. The molecule has 0 saturated carbocycles. The summed E-state index contributed by atoms with van der Waals surface area (Å²) < 4.78 is 0. The number of nitrogens with zero attached hydrogens (tertiary/aromatic N) is 3. The van der Waals surface area contributed by atoms with E-state index in [4.69, 9.17) is 0 Å². The number of hydrogen-bond acceptors (Lipinski definition) is 4. The summed E-state index contributed by atoms with van der Waals surface area (Å²) in [5.41, 5.74) is 1.15. The van der Waals surface area contributed by atoms with E-state index in [2.05, 4.69) is 48.3 Å². The zero-order valence-electron chi connectivity index (χ0n) is 17.6. The lowest BCUT2D eigenvalue weighted by molar-refractivity contribution is -0.150. The van der Waals surface area contributed by atoms with Crippen molar-refractivity contribution < 1.29 is 9.59 Å². The molecule has 6 heteroatoms. The monoisotopic (exact) mass is 386 g/mol. The Hall–Kier alpha value is -1.92. The second-order valence-corrected chi connectivity index (χ2v) is 9.20. The number of hydrogen-bond donors (Lipinski definition) is 1. The predicted molar refractivity (Wildman–Crippen MR) is 111 cm³/mol. The molecule has 2 aliphatic heterocycles. The molecule has 1 aromatic carbocycles. The van der Waals surface area contributed by atoms with Crippen molar-refractivity contribution in [2.45, 2.75) is 20.4 Å². The van der Waals surface area contributed by atoms with Crippen LogP contribution in [0.2, 0.25) is 0 Å². The Morgan fingerprint density at radius 1 is 1.18 bits per heavy atom. The van der Waals surface area contributed by atoms with Gasteiger partial charge in [0.2, 0.25) is 11.8 Å². The average Bonchev–Trinajstić information content (AvgIpc) is 2.98. The molecule has 2 saturated heterocycles. The summed E-state index contributed by atoms with van der Waals surface area (Å²) in [7, 11) is 3.82. The van der Waals surface area contributed by atoms with Crippen LogP contribution >= 0.6 is 0 Å². The maximum Gasteiger partial charge on any atom is 0.236 e. The van der Waals surface area contributed by atoms with Gasteiger partial charge in [0.15, 0.2) is 0 Å². The molecule has 2 aliphatic rings. The number of benzene rings is 1. The number of likely N-dealkylation sites (N-methyl/N-ethyl adjacent to an activating group) is 1. The lowest BCUT2D eigenvalue weighted by Gasteiger charge is -2.50. The Morgan fingerprint density at radius 2 is 1.86 bits per heavy atom. The van der Waals surface area contributed by atoms with E-state index in [1.807, 2.05) is 30.0 Å². The predicted octanol–water partition coefficient (Wildman–Crippen LogP) is 1.28. The summed E-state index contributed by atoms with van der Waals surface area (Å²) in [5.74, 6) is 0.669. The van der Waals surface area contributed by atoms with E-state index < -0.39 is 0 Å². The Balaban J connectivity index is 1.68. The molecule has 2 heterocycles. The van der Waals surface area contributed by atoms with E-state index in [1.165, 1.54) is 5.56 Å². The van der Waals surface area contributed by atoms with Gasteiger partial charge in [-0.2, -0.15) is 0 Å². The molecule has 1 unspecified atom stereocenters. The molecule has 2 fully saturated rings. The first-order chi connectivity index (χ1) is 13.3. The van der Waals surface area contributed by atoms with Crippen LogP contribution < -0.4 is 5.32 Å². The first kappa shape index (κ1) is 20.8. The maximum absolute atomic E-state index is 13.0. The summed E-state index contributed by atoms with van der Waals surface area (Å²) in [6.45, 7) is 9.19. The first-order valence-electron chi connectivity index (χ1n) is 10.3. The second kappa shape index (κ2) is 8.62. The summed E-state index contributed by atoms with van der Waals surface area (Å²) in [6.07, 6.45) is 0. The van der Waals surface area contributed by atoms with Crippen molar-refractivity contribution in [1.82, 2.24) is 20.0 Å². The van der Waals surface area contributed by atoms with Crippen molar-refractivity contribution in [2.75, 3.05) is 53.4 Å². The molecular formula is C22H34N4O2. The zero-order chi connectivity index (χ0) is 20.3. The minimum absolute atomic E-state index is 0.0571. The molecule has 3 rings (SSSR count). The van der Waals surface area contributed by atoms with Crippen molar-refractivity contribution in [1.29, 1.82) is 0 Å². The molecular weight excluding hydrogens is 352 g/mol. The highest BCUT2D eigenvalue weighted by Crippen LogP contribution is 2.44. The fourth-order valence-electron chi connectivity index (χ4n) is 4.40. The SMILES string of the molecule is CC(C)CNC(=O)C1CN(Cc2ccccc2)CC12CN(C(=O)CN(C)C)C2. The van der Waals surface area contributed by atoms with Gasteiger partial charge in [-0.05, 0) is 25.6 Å². The Morgan fingerprint density at radius 3 is 2.46 bits per heavy atom. The van der Waals surface area contributed by atoms with Crippen LogP contribution in [0.3, 0.4) is 0 Å². The van der Waals surface area contributed by atoms with Gasteiger partial charge >= 0.3 is 0 Å². The highest BCUT2D eigenvalue weighted by molar-refractivity contribution is 5.83. The quantitative estimate of drug-likeness (QED) is 0.767. The number of amides is 2. The lowest BCUT2D eigenvalue weighted by atomic mass is 9.71. The summed E-state index contributed by atoms with van der Waals surface area (Å²) >= 11 is 0. The van der Waals surface area contributed by atoms with Crippen LogP contribution in [0, 0.1) is 17.3 Å². The van der Waals surface area contributed by atoms with Gasteiger partial charge in [0.1, 0.15) is 0 Å². The van der Waals surface area contributed by atoms with Gasteiger partial charge in [0.05, 0.1) is 12.5 Å². The Bertz CT molecular complexity index is 683. The number of carbonyl (C=O) groups is 2. The van der Waals surface area contributed by atoms with Crippen molar-refractivity contribution in [3.05, 3.63) is 35.9 Å². The summed E-state index contributed by atoms with van der Waals surface area (Å²) in [5, 5.41) is 3.13. The third-order valence-corrected chi connectivity index (χ3v) is 5.78. The van der Waals surface area contributed by atoms with Gasteiger partial charge < -0.3 is 15.1 Å². The van der Waals surface area contributed by atoms with Crippen LogP contribution in [-0.2, 0) is 16.1 Å². The fourth-order valence-corrected chi connectivity index (χ4v) is 4.40. The standard InChI is InChI=1S/C22H34N4O2/c1-17(2)10-23-21(28)19-12-25(11-18-8-6-5-7-9-18)14-22(19)15-26(16-22)20(27)13-24(3)4/h5-9,17,19H,10-16H2,1-4H3,(H,23,28). The number of likely N-dealkylation sites (tertiary alicyclic amines) is 2. The Labute approximate surface area is 168 Å². The normalized spacial score (nSPS) is 21.4. The minimum atomic E-state index is -0.113. The van der Waals surface area contributed by atoms with Crippen LogP contribution in [0.4, 0.5) is 0 Å².